The molecule has 6 heteroatoms. The second-order valence-electron chi connectivity index (χ2n) is 6.97. The summed E-state index contributed by atoms with van der Waals surface area (Å²) in [5, 5.41) is 6.87. The van der Waals surface area contributed by atoms with E-state index in [4.69, 9.17) is 4.74 Å². The highest BCUT2D eigenvalue weighted by molar-refractivity contribution is 5.91. The third kappa shape index (κ3) is 4.47. The Bertz CT molecular complexity index is 848. The number of nitrogens with zero attached hydrogens (tertiary/aromatic N) is 3. The second kappa shape index (κ2) is 7.39. The molecule has 0 aliphatic rings. The van der Waals surface area contributed by atoms with Crippen LogP contribution in [-0.4, -0.2) is 27.3 Å². The molecule has 1 N–H and O–H groups in total. The Labute approximate surface area is 152 Å². The van der Waals surface area contributed by atoms with Crippen molar-refractivity contribution in [2.24, 2.45) is 0 Å². The van der Waals surface area contributed by atoms with Crippen molar-refractivity contribution < 1.29 is 9.53 Å². The molecule has 26 heavy (non-hydrogen) atoms. The maximum Gasteiger partial charge on any atom is 0.262 e. The molecule has 0 bridgehead atoms. The van der Waals surface area contributed by atoms with Crippen LogP contribution in [0.2, 0.25) is 0 Å². The number of hydrogen-bond donors (Lipinski definition) is 1. The fourth-order valence-electron chi connectivity index (χ4n) is 2.40. The van der Waals surface area contributed by atoms with Crippen LogP contribution in [0.15, 0.2) is 61.1 Å². The first-order valence-corrected chi connectivity index (χ1v) is 8.41. The van der Waals surface area contributed by atoms with Crippen LogP contribution in [0.1, 0.15) is 26.3 Å². The van der Waals surface area contributed by atoms with Crippen molar-refractivity contribution in [2.45, 2.75) is 26.2 Å². The minimum Gasteiger partial charge on any atom is -0.484 e. The molecule has 0 fully saturated rings. The van der Waals surface area contributed by atoms with Crippen LogP contribution in [0.5, 0.6) is 5.75 Å². The van der Waals surface area contributed by atoms with Crippen molar-refractivity contribution in [2.75, 3.05) is 11.9 Å². The van der Waals surface area contributed by atoms with Crippen molar-refractivity contribution in [3.63, 3.8) is 0 Å². The molecule has 1 amide bonds. The van der Waals surface area contributed by atoms with E-state index in [0.717, 1.165) is 0 Å². The van der Waals surface area contributed by atoms with E-state index >= 15 is 0 Å². The number of aromatic nitrogens is 3. The van der Waals surface area contributed by atoms with Gasteiger partial charge >= 0.3 is 0 Å². The number of carbonyl (C=O) groups is 1. The van der Waals surface area contributed by atoms with Gasteiger partial charge in [0, 0.05) is 12.4 Å². The molecule has 134 valence electrons. The van der Waals surface area contributed by atoms with Gasteiger partial charge in [0.05, 0.1) is 11.9 Å². The van der Waals surface area contributed by atoms with Crippen molar-refractivity contribution >= 4 is 11.6 Å². The predicted octanol–water partition coefficient (Wildman–Crippen LogP) is 3.58. The number of pyridine rings is 1. The second-order valence-corrected chi connectivity index (χ2v) is 6.97. The molecule has 0 aliphatic heterocycles. The average Bonchev–Trinajstić information content (AvgIpc) is 3.15. The molecule has 0 saturated carbocycles. The van der Waals surface area contributed by atoms with Crippen molar-refractivity contribution in [1.29, 1.82) is 0 Å². The summed E-state index contributed by atoms with van der Waals surface area (Å²) in [5.41, 5.74) is 1.92. The van der Waals surface area contributed by atoms with E-state index in [1.54, 1.807) is 35.4 Å². The fourth-order valence-corrected chi connectivity index (χ4v) is 2.40. The summed E-state index contributed by atoms with van der Waals surface area (Å²) in [6, 6.07) is 13.2. The summed E-state index contributed by atoms with van der Waals surface area (Å²) in [5.74, 6) is 1.11. The molecule has 1 aromatic carbocycles. The normalized spacial score (nSPS) is 11.2. The Hall–Kier alpha value is -3.15. The SMILES string of the molecule is CC(C)(C)c1ccc(OCC(=O)Nc2ccc(-n3cccn3)nc2)cc1. The van der Waals surface area contributed by atoms with Gasteiger partial charge in [-0.25, -0.2) is 9.67 Å². The lowest BCUT2D eigenvalue weighted by atomic mass is 9.87. The van der Waals surface area contributed by atoms with Gasteiger partial charge in [-0.2, -0.15) is 5.10 Å². The Morgan fingerprint density at radius 3 is 2.50 bits per heavy atom. The number of carbonyl (C=O) groups excluding carboxylic acids is 1. The summed E-state index contributed by atoms with van der Waals surface area (Å²) < 4.78 is 7.19. The highest BCUT2D eigenvalue weighted by Gasteiger charge is 2.13. The molecule has 3 rings (SSSR count). The number of rotatable bonds is 5. The molecule has 3 aromatic rings. The summed E-state index contributed by atoms with van der Waals surface area (Å²) in [7, 11) is 0. The maximum atomic E-state index is 12.0. The molecule has 2 heterocycles. The molecule has 2 aromatic heterocycles. The standard InChI is InChI=1S/C20H22N4O2/c1-20(2,3)15-5-8-17(9-6-15)26-14-19(25)23-16-7-10-18(21-13-16)24-12-4-11-22-24/h4-13H,14H2,1-3H3,(H,23,25). The topological polar surface area (TPSA) is 69.0 Å². The van der Waals surface area contributed by atoms with Crippen LogP contribution in [0.3, 0.4) is 0 Å². The van der Waals surface area contributed by atoms with E-state index < -0.39 is 0 Å². The van der Waals surface area contributed by atoms with Crippen molar-refractivity contribution in [1.82, 2.24) is 14.8 Å². The van der Waals surface area contributed by atoms with E-state index in [0.29, 0.717) is 17.3 Å². The predicted molar refractivity (Wildman–Crippen MR) is 101 cm³/mol. The molecule has 0 radical (unpaired) electrons. The minimum atomic E-state index is -0.237. The first-order chi connectivity index (χ1) is 12.4. The number of nitrogens with one attached hydrogen (secondary N) is 1. The zero-order valence-electron chi connectivity index (χ0n) is 15.1. The zero-order valence-corrected chi connectivity index (χ0v) is 15.1. The van der Waals surface area contributed by atoms with E-state index in [1.165, 1.54) is 5.56 Å². The highest BCUT2D eigenvalue weighted by Crippen LogP contribution is 2.24. The van der Waals surface area contributed by atoms with Gasteiger partial charge in [0.1, 0.15) is 5.75 Å². The first-order valence-electron chi connectivity index (χ1n) is 8.41. The first kappa shape index (κ1) is 17.7. The van der Waals surface area contributed by atoms with Crippen molar-refractivity contribution in [3.05, 3.63) is 66.6 Å². The molecule has 0 aliphatic carbocycles. The zero-order chi connectivity index (χ0) is 18.6. The molecule has 6 nitrogen and oxygen atoms in total. The van der Waals surface area contributed by atoms with Gasteiger partial charge in [-0.3, -0.25) is 4.79 Å². The lowest BCUT2D eigenvalue weighted by molar-refractivity contribution is -0.118. The molecular weight excluding hydrogens is 328 g/mol. The van der Waals surface area contributed by atoms with E-state index in [9.17, 15) is 4.79 Å². The number of hydrogen-bond acceptors (Lipinski definition) is 4. The summed E-state index contributed by atoms with van der Waals surface area (Å²) >= 11 is 0. The molecular formula is C20H22N4O2. The smallest absolute Gasteiger partial charge is 0.262 e. The number of anilines is 1. The van der Waals surface area contributed by atoms with Gasteiger partial charge in [0.2, 0.25) is 0 Å². The Morgan fingerprint density at radius 2 is 1.92 bits per heavy atom. The Morgan fingerprint density at radius 1 is 1.15 bits per heavy atom. The highest BCUT2D eigenvalue weighted by atomic mass is 16.5. The summed E-state index contributed by atoms with van der Waals surface area (Å²) in [6.45, 7) is 6.40. The third-order valence-electron chi connectivity index (χ3n) is 3.86. The summed E-state index contributed by atoms with van der Waals surface area (Å²) in [6.07, 6.45) is 5.08. The van der Waals surface area contributed by atoms with Crippen LogP contribution in [0.25, 0.3) is 5.82 Å². The number of amides is 1. The van der Waals surface area contributed by atoms with Crippen LogP contribution in [0.4, 0.5) is 5.69 Å². The maximum absolute atomic E-state index is 12.0. The molecule has 0 saturated heterocycles. The van der Waals surface area contributed by atoms with Gasteiger partial charge in [0.15, 0.2) is 12.4 Å². The quantitative estimate of drug-likeness (QED) is 0.763. The average molecular weight is 350 g/mol. The fraction of sp³-hybridized carbons (Fsp3) is 0.250. The van der Waals surface area contributed by atoms with Crippen LogP contribution < -0.4 is 10.1 Å². The molecule has 0 unspecified atom stereocenters. The van der Waals surface area contributed by atoms with Crippen LogP contribution in [-0.2, 0) is 10.2 Å². The van der Waals surface area contributed by atoms with E-state index in [2.05, 4.69) is 36.2 Å². The number of benzene rings is 1. The summed E-state index contributed by atoms with van der Waals surface area (Å²) in [4.78, 5) is 16.3. The van der Waals surface area contributed by atoms with Crippen LogP contribution >= 0.6 is 0 Å². The van der Waals surface area contributed by atoms with Gasteiger partial charge in [-0.1, -0.05) is 32.9 Å². The molecule has 0 spiro atoms. The van der Waals surface area contributed by atoms with Gasteiger partial charge in [-0.15, -0.1) is 0 Å². The lowest BCUT2D eigenvalue weighted by Gasteiger charge is -2.19. The minimum absolute atomic E-state index is 0.0597. The van der Waals surface area contributed by atoms with E-state index in [-0.39, 0.29) is 17.9 Å². The largest absolute Gasteiger partial charge is 0.484 e. The third-order valence-corrected chi connectivity index (χ3v) is 3.86. The number of ether oxygens (including phenoxy) is 1. The van der Waals surface area contributed by atoms with Gasteiger partial charge < -0.3 is 10.1 Å². The van der Waals surface area contributed by atoms with Gasteiger partial charge in [-0.05, 0) is 41.3 Å². The van der Waals surface area contributed by atoms with Gasteiger partial charge in [0.25, 0.3) is 5.91 Å². The molecule has 0 atom stereocenters. The van der Waals surface area contributed by atoms with E-state index in [1.807, 2.05) is 30.3 Å². The van der Waals surface area contributed by atoms with Crippen LogP contribution in [0, 0.1) is 0 Å². The Kier molecular flexibility index (Phi) is 5.02. The Balaban J connectivity index is 1.52. The lowest BCUT2D eigenvalue weighted by Crippen LogP contribution is -2.20. The van der Waals surface area contributed by atoms with Crippen molar-refractivity contribution in [3.8, 4) is 11.6 Å². The monoisotopic (exact) mass is 350 g/mol.